The van der Waals surface area contributed by atoms with Crippen LogP contribution in [0.25, 0.3) is 0 Å². The predicted molar refractivity (Wildman–Crippen MR) is 96.9 cm³/mol. The lowest BCUT2D eigenvalue weighted by molar-refractivity contribution is 0.0925. The van der Waals surface area contributed by atoms with E-state index in [9.17, 15) is 4.79 Å². The number of aromatic nitrogens is 2. The van der Waals surface area contributed by atoms with Crippen LogP contribution in [0.3, 0.4) is 0 Å². The van der Waals surface area contributed by atoms with Crippen LogP contribution in [0, 0.1) is 0 Å². The summed E-state index contributed by atoms with van der Waals surface area (Å²) in [5.74, 6) is 0.420. The lowest BCUT2D eigenvalue weighted by Gasteiger charge is -1.98. The second kappa shape index (κ2) is 7.59. The Morgan fingerprint density at radius 1 is 1.29 bits per heavy atom. The van der Waals surface area contributed by atoms with Gasteiger partial charge in [-0.25, -0.2) is 5.43 Å². The summed E-state index contributed by atoms with van der Waals surface area (Å²) >= 11 is 6.71. The number of hydrogen-bond acceptors (Lipinski definition) is 4. The van der Waals surface area contributed by atoms with Gasteiger partial charge in [-0.15, -0.1) is 0 Å². The molecule has 0 unspecified atom stereocenters. The van der Waals surface area contributed by atoms with Gasteiger partial charge in [0.1, 0.15) is 5.76 Å². The maximum absolute atomic E-state index is 12.0. The van der Waals surface area contributed by atoms with E-state index < -0.39 is 5.91 Å². The molecule has 2 heterocycles. The monoisotopic (exact) mass is 450 g/mol. The first-order valence-electron chi connectivity index (χ1n) is 6.96. The second-order valence-electron chi connectivity index (χ2n) is 4.88. The fourth-order valence-electron chi connectivity index (χ4n) is 1.98. The average Bonchev–Trinajstić information content (AvgIpc) is 3.17. The molecule has 0 aliphatic carbocycles. The molecule has 0 aliphatic rings. The summed E-state index contributed by atoms with van der Waals surface area (Å²) in [4.78, 5) is 12.0. The van der Waals surface area contributed by atoms with Gasteiger partial charge in [-0.3, -0.25) is 9.48 Å². The molecule has 0 fully saturated rings. The minimum Gasteiger partial charge on any atom is -0.454 e. The fraction of sp³-hybridized carbons (Fsp3) is 0.0625. The van der Waals surface area contributed by atoms with Crippen molar-refractivity contribution >= 4 is 44.0 Å². The number of carbonyl (C=O) groups excluding carboxylic acids is 1. The highest BCUT2D eigenvalue weighted by Crippen LogP contribution is 2.12. The van der Waals surface area contributed by atoms with Crippen LogP contribution in [0.4, 0.5) is 0 Å². The zero-order valence-electron chi connectivity index (χ0n) is 12.3. The Balaban J connectivity index is 1.59. The van der Waals surface area contributed by atoms with Crippen LogP contribution in [0.2, 0.25) is 0 Å². The molecule has 8 heteroatoms. The minimum atomic E-state index is -0.408. The van der Waals surface area contributed by atoms with Crippen LogP contribution in [0.1, 0.15) is 21.9 Å². The molecule has 0 aliphatic heterocycles. The summed E-state index contributed by atoms with van der Waals surface area (Å²) in [5.41, 5.74) is 3.31. The maximum Gasteiger partial charge on any atom is 0.307 e. The number of amides is 1. The first kappa shape index (κ1) is 16.7. The Bertz CT molecular complexity index is 886. The van der Waals surface area contributed by atoms with Crippen molar-refractivity contribution in [2.24, 2.45) is 5.10 Å². The van der Waals surface area contributed by atoms with Gasteiger partial charge in [0, 0.05) is 10.7 Å². The Kier molecular flexibility index (Phi) is 5.27. The highest BCUT2D eigenvalue weighted by atomic mass is 79.9. The van der Waals surface area contributed by atoms with Gasteiger partial charge in [0.25, 0.3) is 0 Å². The largest absolute Gasteiger partial charge is 0.454 e. The van der Waals surface area contributed by atoms with Gasteiger partial charge in [0.05, 0.1) is 23.4 Å². The smallest absolute Gasteiger partial charge is 0.307 e. The van der Waals surface area contributed by atoms with Gasteiger partial charge in [-0.1, -0.05) is 28.1 Å². The van der Waals surface area contributed by atoms with Gasteiger partial charge >= 0.3 is 5.91 Å². The van der Waals surface area contributed by atoms with Crippen LogP contribution in [0.5, 0.6) is 0 Å². The van der Waals surface area contributed by atoms with Gasteiger partial charge in [0.15, 0.2) is 5.76 Å². The predicted octanol–water partition coefficient (Wildman–Crippen LogP) is 3.81. The van der Waals surface area contributed by atoms with Crippen molar-refractivity contribution in [3.8, 4) is 0 Å². The summed E-state index contributed by atoms with van der Waals surface area (Å²) in [5, 5.41) is 8.06. The number of carbonyl (C=O) groups is 1. The van der Waals surface area contributed by atoms with Crippen LogP contribution in [-0.4, -0.2) is 21.9 Å². The molecule has 2 aromatic heterocycles. The minimum absolute atomic E-state index is 0.197. The second-order valence-corrected chi connectivity index (χ2v) is 6.71. The molecule has 3 rings (SSSR count). The van der Waals surface area contributed by atoms with E-state index in [0.717, 1.165) is 14.5 Å². The van der Waals surface area contributed by atoms with E-state index >= 15 is 0 Å². The van der Waals surface area contributed by atoms with E-state index in [1.807, 2.05) is 30.5 Å². The van der Waals surface area contributed by atoms with E-state index in [4.69, 9.17) is 4.42 Å². The fourth-order valence-corrected chi connectivity index (χ4v) is 2.72. The molecule has 0 saturated heterocycles. The maximum atomic E-state index is 12.0. The molecule has 6 nitrogen and oxygen atoms in total. The first-order chi connectivity index (χ1) is 11.6. The third-order valence-corrected chi connectivity index (χ3v) is 3.94. The zero-order valence-corrected chi connectivity index (χ0v) is 15.5. The summed E-state index contributed by atoms with van der Waals surface area (Å²) in [7, 11) is 0. The molecule has 1 aromatic carbocycles. The van der Waals surface area contributed by atoms with E-state index in [1.54, 1.807) is 29.2 Å². The standard InChI is InChI=1S/C16H12Br2N4O2/c17-12-3-1-2-11(6-12)7-19-21-16(23)15-5-4-14(24-15)10-22-9-13(18)8-20-22/h1-9H,10H2,(H,21,23)/b19-7-. The van der Waals surface area contributed by atoms with Crippen molar-refractivity contribution in [1.29, 1.82) is 0 Å². The molecular weight excluding hydrogens is 440 g/mol. The van der Waals surface area contributed by atoms with E-state index in [-0.39, 0.29) is 5.76 Å². The molecular formula is C16H12Br2N4O2. The molecule has 1 amide bonds. The van der Waals surface area contributed by atoms with Crippen molar-refractivity contribution in [3.63, 3.8) is 0 Å². The number of benzene rings is 1. The summed E-state index contributed by atoms with van der Waals surface area (Å²) in [6.07, 6.45) is 5.07. The van der Waals surface area contributed by atoms with Crippen LogP contribution < -0.4 is 5.43 Å². The van der Waals surface area contributed by atoms with Crippen LogP contribution in [-0.2, 0) is 6.54 Å². The third-order valence-electron chi connectivity index (χ3n) is 3.03. The summed E-state index contributed by atoms with van der Waals surface area (Å²) in [6.45, 7) is 0.445. The van der Waals surface area contributed by atoms with Crippen LogP contribution >= 0.6 is 31.9 Å². The Morgan fingerprint density at radius 2 is 2.17 bits per heavy atom. The van der Waals surface area contributed by atoms with E-state index in [1.165, 1.54) is 0 Å². The van der Waals surface area contributed by atoms with Crippen LogP contribution in [0.15, 0.2) is 67.3 Å². The number of hydrogen-bond donors (Lipinski definition) is 1. The van der Waals surface area contributed by atoms with E-state index in [0.29, 0.717) is 12.3 Å². The van der Waals surface area contributed by atoms with Crippen molar-refractivity contribution in [2.75, 3.05) is 0 Å². The Hall–Kier alpha value is -2.19. The van der Waals surface area contributed by atoms with Gasteiger partial charge in [-0.05, 0) is 45.8 Å². The number of halogens is 2. The normalized spacial score (nSPS) is 11.1. The lowest BCUT2D eigenvalue weighted by atomic mass is 10.2. The molecule has 0 bridgehead atoms. The van der Waals surface area contributed by atoms with Gasteiger partial charge in [-0.2, -0.15) is 10.2 Å². The number of furan rings is 1. The average molecular weight is 452 g/mol. The topological polar surface area (TPSA) is 72.4 Å². The molecule has 0 saturated carbocycles. The molecule has 0 spiro atoms. The number of nitrogens with one attached hydrogen (secondary N) is 1. The van der Waals surface area contributed by atoms with Crippen molar-refractivity contribution in [3.05, 3.63) is 74.8 Å². The number of hydrazone groups is 1. The first-order valence-corrected chi connectivity index (χ1v) is 8.54. The lowest BCUT2D eigenvalue weighted by Crippen LogP contribution is -2.16. The van der Waals surface area contributed by atoms with Crippen molar-refractivity contribution in [1.82, 2.24) is 15.2 Å². The van der Waals surface area contributed by atoms with Gasteiger partial charge < -0.3 is 4.42 Å². The van der Waals surface area contributed by atoms with Crippen molar-refractivity contribution in [2.45, 2.75) is 6.54 Å². The third kappa shape index (κ3) is 4.42. The van der Waals surface area contributed by atoms with E-state index in [2.05, 4.69) is 47.5 Å². The number of rotatable bonds is 5. The molecule has 122 valence electrons. The molecule has 3 aromatic rings. The molecule has 24 heavy (non-hydrogen) atoms. The number of nitrogens with zero attached hydrogens (tertiary/aromatic N) is 3. The Labute approximate surface area is 154 Å². The van der Waals surface area contributed by atoms with Gasteiger partial charge in [0.2, 0.25) is 0 Å². The summed E-state index contributed by atoms with van der Waals surface area (Å²) < 4.78 is 9.04. The molecule has 0 atom stereocenters. The highest BCUT2D eigenvalue weighted by molar-refractivity contribution is 9.10. The SMILES string of the molecule is O=C(N/N=C\c1cccc(Br)c1)c1ccc(Cn2cc(Br)cn2)o1. The summed E-state index contributed by atoms with van der Waals surface area (Å²) in [6, 6.07) is 10.9. The highest BCUT2D eigenvalue weighted by Gasteiger charge is 2.11. The Morgan fingerprint density at radius 3 is 2.92 bits per heavy atom. The molecule has 0 radical (unpaired) electrons. The zero-order chi connectivity index (χ0) is 16.9. The van der Waals surface area contributed by atoms with Crippen molar-refractivity contribution < 1.29 is 9.21 Å². The molecule has 1 N–H and O–H groups in total. The quantitative estimate of drug-likeness (QED) is 0.473.